The first kappa shape index (κ1) is 20.1. The number of fused-ring (bicyclic) bond motifs is 5. The Morgan fingerprint density at radius 3 is 2.54 bits per heavy atom. The van der Waals surface area contributed by atoms with Gasteiger partial charge >= 0.3 is 0 Å². The van der Waals surface area contributed by atoms with Crippen molar-refractivity contribution in [2.45, 2.75) is 60.1 Å². The molecule has 2 saturated carbocycles. The highest BCUT2D eigenvalue weighted by Crippen LogP contribution is 2.73. The molecule has 1 aromatic rings. The Bertz CT molecular complexity index is 804. The van der Waals surface area contributed by atoms with Crippen molar-refractivity contribution in [3.8, 4) is 5.75 Å². The third-order valence-electron chi connectivity index (χ3n) is 6.97. The number of nitrogens with two attached hydrogens (primary N) is 1. The molecule has 7 heteroatoms. The van der Waals surface area contributed by atoms with Crippen LogP contribution in [0.2, 0.25) is 0 Å². The molecule has 0 heterocycles. The van der Waals surface area contributed by atoms with Gasteiger partial charge in [0.05, 0.1) is 28.0 Å². The first-order chi connectivity index (χ1) is 12.2. The summed E-state index contributed by atoms with van der Waals surface area (Å²) in [4.78, 5) is 0. The molecule has 2 fully saturated rings. The highest BCUT2D eigenvalue weighted by atomic mass is 127. The summed E-state index contributed by atoms with van der Waals surface area (Å²) in [6.45, 7) is 0. The second-order valence-electron chi connectivity index (χ2n) is 7.77. The SMILES string of the molecule is C=I[C@@]12C[C@H](O)[C@H](O)[C@@]1(N)CC[C@]1(I=C)c3ccc(O)cc3CC[C@@]21I. The van der Waals surface area contributed by atoms with Gasteiger partial charge in [0.1, 0.15) is 5.75 Å². The van der Waals surface area contributed by atoms with Crippen LogP contribution in [0.4, 0.5) is 0 Å². The van der Waals surface area contributed by atoms with E-state index >= 15 is 0 Å². The number of halogens is 3. The van der Waals surface area contributed by atoms with Gasteiger partial charge in [-0.2, -0.15) is 0 Å². The highest BCUT2D eigenvalue weighted by molar-refractivity contribution is 14.2. The summed E-state index contributed by atoms with van der Waals surface area (Å²) in [5, 5.41) is 31.4. The van der Waals surface area contributed by atoms with Gasteiger partial charge in [-0.05, 0) is 55.4 Å². The number of phenolic OH excluding ortho intramolecular Hbond substituents is 1. The molecule has 3 aliphatic rings. The first-order valence-corrected chi connectivity index (χ1v) is 15.0. The molecule has 4 nitrogen and oxygen atoms in total. The van der Waals surface area contributed by atoms with Gasteiger partial charge in [0.2, 0.25) is 0 Å². The molecule has 5 N–H and O–H groups in total. The van der Waals surface area contributed by atoms with Gasteiger partial charge in [-0.15, -0.1) is 41.5 Å². The zero-order chi connectivity index (χ0) is 19.0. The molecule has 0 radical (unpaired) electrons. The standard InChI is InChI=1S/C19H24I3NO3/c1-21-16-7-8-17(23)15(26)14(25)10-19(17,22-2)18(16,20)6-5-11-9-12(24)3-4-13(11)16/h3-4,9,14-15,24-26H,1-2,5-8,10,23H2/t14-,15-,16-,17-,18-,19-/m0/s1. The summed E-state index contributed by atoms with van der Waals surface area (Å²) in [5.74, 6) is 0.317. The smallest absolute Gasteiger partial charge is 0.115 e. The number of hydrogen-bond donors (Lipinski definition) is 4. The predicted molar refractivity (Wildman–Crippen MR) is 133 cm³/mol. The summed E-state index contributed by atoms with van der Waals surface area (Å²) in [6.07, 6.45) is 2.30. The van der Waals surface area contributed by atoms with Gasteiger partial charge < -0.3 is 21.1 Å². The molecule has 144 valence electrons. The van der Waals surface area contributed by atoms with Crippen molar-refractivity contribution in [1.29, 1.82) is 0 Å². The Kier molecular flexibility index (Phi) is 4.96. The first-order valence-electron chi connectivity index (χ1n) is 8.67. The number of aliphatic hydroxyl groups is 2. The van der Waals surface area contributed by atoms with Crippen LogP contribution in [0.5, 0.6) is 5.75 Å². The maximum Gasteiger partial charge on any atom is 0.115 e. The predicted octanol–water partition coefficient (Wildman–Crippen LogP) is 2.87. The number of aryl methyl sites for hydroxylation is 1. The third-order valence-corrected chi connectivity index (χ3v) is 18.4. The van der Waals surface area contributed by atoms with Crippen molar-refractivity contribution in [1.82, 2.24) is 0 Å². The van der Waals surface area contributed by atoms with Crippen molar-refractivity contribution in [3.63, 3.8) is 0 Å². The van der Waals surface area contributed by atoms with E-state index in [0.717, 1.165) is 19.3 Å². The van der Waals surface area contributed by atoms with Crippen LogP contribution >= 0.6 is 64.1 Å². The zero-order valence-corrected chi connectivity index (χ0v) is 20.9. The lowest BCUT2D eigenvalue weighted by molar-refractivity contribution is -0.00108. The average Bonchev–Trinajstić information content (AvgIpc) is 2.83. The molecule has 0 aromatic heterocycles. The molecule has 4 rings (SSSR count). The Morgan fingerprint density at radius 2 is 1.88 bits per heavy atom. The monoisotopic (exact) mass is 695 g/mol. The van der Waals surface area contributed by atoms with E-state index in [0.29, 0.717) is 18.6 Å². The summed E-state index contributed by atoms with van der Waals surface area (Å²) in [7, 11) is 0. The van der Waals surface area contributed by atoms with Crippen LogP contribution in [-0.2, 0) is 9.84 Å². The number of benzene rings is 1. The minimum absolute atomic E-state index is 0.0578. The van der Waals surface area contributed by atoms with Gasteiger partial charge in [0.25, 0.3) is 0 Å². The number of aliphatic hydroxyl groups excluding tert-OH is 2. The van der Waals surface area contributed by atoms with Crippen molar-refractivity contribution < 1.29 is 15.3 Å². The summed E-state index contributed by atoms with van der Waals surface area (Å²) in [6, 6.07) is 5.78. The van der Waals surface area contributed by atoms with Gasteiger partial charge in [0.15, 0.2) is 0 Å². The minimum atomic E-state index is -0.877. The van der Waals surface area contributed by atoms with E-state index in [1.54, 1.807) is 6.07 Å². The van der Waals surface area contributed by atoms with E-state index < -0.39 is 59.2 Å². The normalized spacial score (nSPS) is 47.1. The maximum absolute atomic E-state index is 10.8. The second-order valence-corrected chi connectivity index (χ2v) is 14.8. The van der Waals surface area contributed by atoms with E-state index in [4.69, 9.17) is 5.73 Å². The van der Waals surface area contributed by atoms with Crippen LogP contribution in [0.1, 0.15) is 36.8 Å². The second kappa shape index (κ2) is 6.41. The van der Waals surface area contributed by atoms with Gasteiger partial charge in [0, 0.05) is 0 Å². The van der Waals surface area contributed by atoms with Crippen LogP contribution in [0.3, 0.4) is 0 Å². The molecular formula is C19H24I3NO3. The van der Waals surface area contributed by atoms with Crippen LogP contribution in [0.25, 0.3) is 0 Å². The quantitative estimate of drug-likeness (QED) is 0.284. The molecular weight excluding hydrogens is 671 g/mol. The number of rotatable bonds is 2. The molecule has 0 spiro atoms. The molecule has 0 unspecified atom stereocenters. The van der Waals surface area contributed by atoms with Crippen LogP contribution in [-0.4, -0.2) is 48.9 Å². The van der Waals surface area contributed by atoms with Crippen LogP contribution < -0.4 is 5.73 Å². The van der Waals surface area contributed by atoms with Gasteiger partial charge in [-0.3, -0.25) is 0 Å². The Labute approximate surface area is 187 Å². The fourth-order valence-electron chi connectivity index (χ4n) is 5.69. The van der Waals surface area contributed by atoms with E-state index in [1.807, 2.05) is 6.07 Å². The lowest BCUT2D eigenvalue weighted by atomic mass is 9.58. The molecule has 0 saturated heterocycles. The molecule has 0 aliphatic heterocycles. The fraction of sp³-hybridized carbons (Fsp3) is 0.579. The van der Waals surface area contributed by atoms with Crippen molar-refractivity contribution >= 4 is 73.1 Å². The summed E-state index contributed by atoms with van der Waals surface area (Å²) < 4.78 is 8.31. The third kappa shape index (κ3) is 2.16. The van der Waals surface area contributed by atoms with E-state index in [9.17, 15) is 15.3 Å². The van der Waals surface area contributed by atoms with E-state index in [-0.39, 0.29) is 10.3 Å². The highest BCUT2D eigenvalue weighted by Gasteiger charge is 2.76. The van der Waals surface area contributed by atoms with Gasteiger partial charge in [-0.25, -0.2) is 0 Å². The lowest BCUT2D eigenvalue weighted by Gasteiger charge is -2.65. The molecule has 6 atom stereocenters. The largest absolute Gasteiger partial charge is 0.508 e. The van der Waals surface area contributed by atoms with E-state index in [2.05, 4.69) is 37.7 Å². The number of phenols is 1. The minimum Gasteiger partial charge on any atom is -0.508 e. The molecule has 1 aromatic carbocycles. The average molecular weight is 695 g/mol. The Morgan fingerprint density at radius 1 is 1.15 bits per heavy atom. The van der Waals surface area contributed by atoms with Crippen LogP contribution in [0.15, 0.2) is 18.2 Å². The lowest BCUT2D eigenvalue weighted by Crippen LogP contribution is -2.75. The van der Waals surface area contributed by atoms with Crippen LogP contribution in [0, 0.1) is 0 Å². The molecule has 3 aliphatic carbocycles. The maximum atomic E-state index is 10.8. The Balaban J connectivity index is 2.00. The summed E-state index contributed by atoms with van der Waals surface area (Å²) in [5.41, 5.74) is 8.69. The molecule has 0 amide bonds. The topological polar surface area (TPSA) is 86.7 Å². The zero-order valence-electron chi connectivity index (χ0n) is 14.4. The number of hydrogen-bond acceptors (Lipinski definition) is 4. The number of alkyl halides is 3. The van der Waals surface area contributed by atoms with Crippen molar-refractivity contribution in [3.05, 3.63) is 29.3 Å². The van der Waals surface area contributed by atoms with E-state index in [1.165, 1.54) is 11.1 Å². The van der Waals surface area contributed by atoms with Crippen molar-refractivity contribution in [2.75, 3.05) is 0 Å². The number of aromatic hydroxyl groups is 1. The van der Waals surface area contributed by atoms with Gasteiger partial charge in [-0.1, -0.05) is 37.7 Å². The Hall–Kier alpha value is 0.830. The summed E-state index contributed by atoms with van der Waals surface area (Å²) >= 11 is 1.63. The molecule has 26 heavy (non-hydrogen) atoms. The van der Waals surface area contributed by atoms with Crippen molar-refractivity contribution in [2.24, 2.45) is 5.73 Å². The molecule has 0 bridgehead atoms. The fourth-order valence-corrected chi connectivity index (χ4v) is 16.0.